The number of carbonyl (C=O) groups is 1. The summed E-state index contributed by atoms with van der Waals surface area (Å²) in [6, 6.07) is 6.51. The number of aromatic nitrogens is 2. The van der Waals surface area contributed by atoms with E-state index in [0.717, 1.165) is 0 Å². The average Bonchev–Trinajstić information content (AvgIpc) is 2.87. The van der Waals surface area contributed by atoms with Crippen molar-refractivity contribution in [3.63, 3.8) is 0 Å². The van der Waals surface area contributed by atoms with Crippen LogP contribution >= 0.6 is 11.3 Å². The average molecular weight is 294 g/mol. The molecule has 0 aliphatic rings. The van der Waals surface area contributed by atoms with Crippen LogP contribution < -0.4 is 11.1 Å². The fourth-order valence-corrected chi connectivity index (χ4v) is 2.28. The van der Waals surface area contributed by atoms with E-state index in [1.54, 1.807) is 25.1 Å². The lowest BCUT2D eigenvalue weighted by atomic mass is 10.1. The standard InChI is InChI=1S/C13H15FN4OS/c1-8(7-15)12(19)16-13-18-17-11(20-13)6-9-4-2-3-5-10(9)14/h2-5,8H,6-7,15H2,1H3,(H,16,18,19). The summed E-state index contributed by atoms with van der Waals surface area (Å²) in [5.41, 5.74) is 5.97. The zero-order valence-electron chi connectivity index (χ0n) is 11.0. The van der Waals surface area contributed by atoms with Crippen molar-refractivity contribution < 1.29 is 9.18 Å². The number of nitrogens with two attached hydrogens (primary N) is 1. The molecule has 1 unspecified atom stereocenters. The topological polar surface area (TPSA) is 80.9 Å². The first-order valence-electron chi connectivity index (χ1n) is 6.17. The third-order valence-corrected chi connectivity index (χ3v) is 3.64. The maximum atomic E-state index is 13.5. The number of nitrogens with one attached hydrogen (secondary N) is 1. The van der Waals surface area contributed by atoms with Crippen LogP contribution in [0.25, 0.3) is 0 Å². The van der Waals surface area contributed by atoms with E-state index in [4.69, 9.17) is 5.73 Å². The lowest BCUT2D eigenvalue weighted by Gasteiger charge is -2.06. The number of rotatable bonds is 5. The normalized spacial score (nSPS) is 12.2. The Morgan fingerprint density at radius 3 is 2.90 bits per heavy atom. The molecule has 0 saturated carbocycles. The first-order chi connectivity index (χ1) is 9.60. The van der Waals surface area contributed by atoms with Crippen LogP contribution in [0.3, 0.4) is 0 Å². The fourth-order valence-electron chi connectivity index (χ4n) is 1.52. The van der Waals surface area contributed by atoms with Gasteiger partial charge in [0.15, 0.2) is 0 Å². The highest BCUT2D eigenvalue weighted by Crippen LogP contribution is 2.20. The monoisotopic (exact) mass is 294 g/mol. The van der Waals surface area contributed by atoms with Crippen LogP contribution in [0.5, 0.6) is 0 Å². The van der Waals surface area contributed by atoms with Gasteiger partial charge in [0, 0.05) is 18.9 Å². The van der Waals surface area contributed by atoms with Crippen molar-refractivity contribution >= 4 is 22.4 Å². The molecule has 0 fully saturated rings. The van der Waals surface area contributed by atoms with Crippen molar-refractivity contribution in [1.82, 2.24) is 10.2 Å². The molecule has 0 saturated heterocycles. The second kappa shape index (κ2) is 6.53. The van der Waals surface area contributed by atoms with Crippen LogP contribution in [0.1, 0.15) is 17.5 Å². The van der Waals surface area contributed by atoms with Gasteiger partial charge in [-0.05, 0) is 11.6 Å². The molecule has 0 spiro atoms. The van der Waals surface area contributed by atoms with Crippen LogP contribution in [0, 0.1) is 11.7 Å². The zero-order chi connectivity index (χ0) is 14.5. The summed E-state index contributed by atoms with van der Waals surface area (Å²) in [5.74, 6) is -0.750. The summed E-state index contributed by atoms with van der Waals surface area (Å²) in [5, 5.41) is 11.5. The smallest absolute Gasteiger partial charge is 0.230 e. The first kappa shape index (κ1) is 14.5. The molecule has 1 heterocycles. The predicted octanol–water partition coefficient (Wildman–Crippen LogP) is 1.80. The number of benzene rings is 1. The highest BCUT2D eigenvalue weighted by molar-refractivity contribution is 7.15. The SMILES string of the molecule is CC(CN)C(=O)Nc1nnc(Cc2ccccc2F)s1. The van der Waals surface area contributed by atoms with Gasteiger partial charge in [-0.1, -0.05) is 36.5 Å². The highest BCUT2D eigenvalue weighted by atomic mass is 32.1. The lowest BCUT2D eigenvalue weighted by molar-refractivity contribution is -0.119. The van der Waals surface area contributed by atoms with Crippen LogP contribution in [0.2, 0.25) is 0 Å². The molecule has 20 heavy (non-hydrogen) atoms. The maximum Gasteiger partial charge on any atom is 0.230 e. The molecule has 0 aliphatic carbocycles. The van der Waals surface area contributed by atoms with Crippen molar-refractivity contribution in [3.05, 3.63) is 40.7 Å². The van der Waals surface area contributed by atoms with Crippen LogP contribution in [0.15, 0.2) is 24.3 Å². The summed E-state index contributed by atoms with van der Waals surface area (Å²) in [4.78, 5) is 11.7. The van der Waals surface area contributed by atoms with Gasteiger partial charge in [0.1, 0.15) is 10.8 Å². The third-order valence-electron chi connectivity index (χ3n) is 2.80. The van der Waals surface area contributed by atoms with E-state index in [1.165, 1.54) is 17.4 Å². The number of hydrogen-bond acceptors (Lipinski definition) is 5. The van der Waals surface area contributed by atoms with E-state index in [1.807, 2.05) is 0 Å². The molecule has 0 aliphatic heterocycles. The molecule has 2 aromatic rings. The minimum atomic E-state index is -0.283. The van der Waals surface area contributed by atoms with Crippen molar-refractivity contribution in [2.24, 2.45) is 11.7 Å². The number of halogens is 1. The summed E-state index contributed by atoms with van der Waals surface area (Å²) >= 11 is 1.23. The summed E-state index contributed by atoms with van der Waals surface area (Å²) in [6.07, 6.45) is 0.354. The molecule has 0 radical (unpaired) electrons. The predicted molar refractivity (Wildman–Crippen MR) is 76.0 cm³/mol. The van der Waals surface area contributed by atoms with Crippen molar-refractivity contribution in [2.75, 3.05) is 11.9 Å². The third kappa shape index (κ3) is 3.58. The van der Waals surface area contributed by atoms with Gasteiger partial charge in [0.25, 0.3) is 0 Å². The minimum absolute atomic E-state index is 0.193. The Hall–Kier alpha value is -1.86. The Morgan fingerprint density at radius 1 is 1.45 bits per heavy atom. The number of nitrogens with zero attached hydrogens (tertiary/aromatic N) is 2. The van der Waals surface area contributed by atoms with Gasteiger partial charge in [0.2, 0.25) is 11.0 Å². The number of carbonyl (C=O) groups excluding carboxylic acids is 1. The van der Waals surface area contributed by atoms with E-state index in [2.05, 4.69) is 15.5 Å². The van der Waals surface area contributed by atoms with E-state index >= 15 is 0 Å². The minimum Gasteiger partial charge on any atom is -0.330 e. The van der Waals surface area contributed by atoms with E-state index in [9.17, 15) is 9.18 Å². The van der Waals surface area contributed by atoms with Crippen molar-refractivity contribution in [1.29, 1.82) is 0 Å². The molecule has 3 N–H and O–H groups in total. The second-order valence-electron chi connectivity index (χ2n) is 4.40. The van der Waals surface area contributed by atoms with Gasteiger partial charge in [-0.2, -0.15) is 0 Å². The fraction of sp³-hybridized carbons (Fsp3) is 0.308. The maximum absolute atomic E-state index is 13.5. The molecule has 1 aromatic heterocycles. The molecular formula is C13H15FN4OS. The van der Waals surface area contributed by atoms with Crippen LogP contribution in [-0.4, -0.2) is 22.6 Å². The molecular weight excluding hydrogens is 279 g/mol. The number of anilines is 1. The quantitative estimate of drug-likeness (QED) is 0.881. The van der Waals surface area contributed by atoms with E-state index in [0.29, 0.717) is 22.1 Å². The summed E-state index contributed by atoms with van der Waals surface area (Å²) in [6.45, 7) is 2.00. The van der Waals surface area contributed by atoms with E-state index in [-0.39, 0.29) is 24.2 Å². The number of amides is 1. The Labute approximate surface area is 120 Å². The summed E-state index contributed by atoms with van der Waals surface area (Å²) in [7, 11) is 0. The van der Waals surface area contributed by atoms with Gasteiger partial charge in [-0.25, -0.2) is 4.39 Å². The molecule has 1 amide bonds. The second-order valence-corrected chi connectivity index (χ2v) is 5.46. The van der Waals surface area contributed by atoms with E-state index < -0.39 is 0 Å². The Bertz CT molecular complexity index is 602. The Kier molecular flexibility index (Phi) is 4.75. The zero-order valence-corrected chi connectivity index (χ0v) is 11.8. The summed E-state index contributed by atoms with van der Waals surface area (Å²) < 4.78 is 13.5. The molecule has 1 atom stereocenters. The highest BCUT2D eigenvalue weighted by Gasteiger charge is 2.14. The first-order valence-corrected chi connectivity index (χ1v) is 6.98. The Morgan fingerprint density at radius 2 is 2.20 bits per heavy atom. The van der Waals surface area contributed by atoms with Crippen molar-refractivity contribution in [2.45, 2.75) is 13.3 Å². The molecule has 106 valence electrons. The largest absolute Gasteiger partial charge is 0.330 e. The van der Waals surface area contributed by atoms with Gasteiger partial charge in [-0.3, -0.25) is 4.79 Å². The lowest BCUT2D eigenvalue weighted by Crippen LogP contribution is -2.26. The van der Waals surface area contributed by atoms with Crippen LogP contribution in [-0.2, 0) is 11.2 Å². The molecule has 7 heteroatoms. The molecule has 0 bridgehead atoms. The Balaban J connectivity index is 2.03. The van der Waals surface area contributed by atoms with Gasteiger partial charge >= 0.3 is 0 Å². The van der Waals surface area contributed by atoms with Gasteiger partial charge < -0.3 is 11.1 Å². The van der Waals surface area contributed by atoms with Crippen LogP contribution in [0.4, 0.5) is 9.52 Å². The number of hydrogen-bond donors (Lipinski definition) is 2. The molecule has 5 nitrogen and oxygen atoms in total. The molecule has 2 rings (SSSR count). The van der Waals surface area contributed by atoms with Gasteiger partial charge in [0.05, 0.1) is 0 Å². The van der Waals surface area contributed by atoms with Gasteiger partial charge in [-0.15, -0.1) is 10.2 Å². The van der Waals surface area contributed by atoms with Crippen molar-refractivity contribution in [3.8, 4) is 0 Å². The molecule has 1 aromatic carbocycles.